The van der Waals surface area contributed by atoms with Gasteiger partial charge in [-0.15, -0.1) is 0 Å². The van der Waals surface area contributed by atoms with E-state index in [1.165, 1.54) is 4.90 Å². The van der Waals surface area contributed by atoms with Crippen LogP contribution >= 0.6 is 0 Å². The van der Waals surface area contributed by atoms with E-state index >= 15 is 0 Å². The lowest BCUT2D eigenvalue weighted by Gasteiger charge is -2.34. The van der Waals surface area contributed by atoms with Crippen LogP contribution in [0.2, 0.25) is 0 Å². The number of carboxylic acid groups (broad SMARTS) is 1. The molecule has 2 N–H and O–H groups in total. The Bertz CT molecular complexity index is 1100. The Morgan fingerprint density at radius 1 is 1.11 bits per heavy atom. The van der Waals surface area contributed by atoms with Crippen LogP contribution in [0.15, 0.2) is 48.5 Å². The number of benzene rings is 2. The molecule has 2 aliphatic heterocycles. The van der Waals surface area contributed by atoms with E-state index in [1.54, 1.807) is 6.92 Å². The van der Waals surface area contributed by atoms with Crippen LogP contribution in [0.1, 0.15) is 43.2 Å². The predicted octanol–water partition coefficient (Wildman–Crippen LogP) is 3.40. The molecule has 2 heterocycles. The average Bonchev–Trinajstić information content (AvgIpc) is 3.57. The van der Waals surface area contributed by atoms with Gasteiger partial charge in [-0.2, -0.15) is 0 Å². The van der Waals surface area contributed by atoms with Gasteiger partial charge in [-0.05, 0) is 48.4 Å². The maximum Gasteiger partial charge on any atom is 0.407 e. The Labute approximate surface area is 204 Å². The summed E-state index contributed by atoms with van der Waals surface area (Å²) >= 11 is 0. The number of carboxylic acids is 1. The molecule has 2 fully saturated rings. The summed E-state index contributed by atoms with van der Waals surface area (Å²) < 4.78 is 11.3. The highest BCUT2D eigenvalue weighted by Gasteiger charge is 2.49. The molecule has 0 radical (unpaired) electrons. The fourth-order valence-corrected chi connectivity index (χ4v) is 5.67. The zero-order chi connectivity index (χ0) is 24.6. The summed E-state index contributed by atoms with van der Waals surface area (Å²) in [5.41, 5.74) is 3.40. The number of rotatable bonds is 6. The third-order valence-electron chi connectivity index (χ3n) is 7.68. The summed E-state index contributed by atoms with van der Waals surface area (Å²) in [5, 5.41) is 12.4. The van der Waals surface area contributed by atoms with Crippen molar-refractivity contribution in [3.8, 4) is 11.1 Å². The van der Waals surface area contributed by atoms with Crippen LogP contribution < -0.4 is 5.32 Å². The molecule has 35 heavy (non-hydrogen) atoms. The van der Waals surface area contributed by atoms with Crippen molar-refractivity contribution in [2.75, 3.05) is 26.3 Å². The highest BCUT2D eigenvalue weighted by Crippen LogP contribution is 2.44. The molecule has 0 saturated carbocycles. The molecule has 2 saturated heterocycles. The van der Waals surface area contributed by atoms with E-state index in [2.05, 4.69) is 29.6 Å². The molecule has 184 valence electrons. The largest absolute Gasteiger partial charge is 0.480 e. The maximum absolute atomic E-state index is 13.1. The van der Waals surface area contributed by atoms with E-state index in [0.717, 1.165) is 22.3 Å². The normalized spacial score (nSPS) is 25.2. The molecule has 5 rings (SSSR count). The van der Waals surface area contributed by atoms with Gasteiger partial charge in [0, 0.05) is 31.5 Å². The van der Waals surface area contributed by atoms with Crippen LogP contribution in [0.5, 0.6) is 0 Å². The summed E-state index contributed by atoms with van der Waals surface area (Å²) in [6, 6.07) is 16.3. The van der Waals surface area contributed by atoms with E-state index in [4.69, 9.17) is 9.47 Å². The van der Waals surface area contributed by atoms with Gasteiger partial charge >= 0.3 is 12.1 Å². The molecule has 2 amide bonds. The number of likely N-dealkylation sites (tertiary alicyclic amines) is 1. The van der Waals surface area contributed by atoms with Gasteiger partial charge in [0.05, 0.1) is 0 Å². The summed E-state index contributed by atoms with van der Waals surface area (Å²) in [6.45, 7) is 2.82. The van der Waals surface area contributed by atoms with Crippen molar-refractivity contribution in [3.05, 3.63) is 59.7 Å². The van der Waals surface area contributed by atoms with E-state index in [9.17, 15) is 19.5 Å². The van der Waals surface area contributed by atoms with Gasteiger partial charge in [-0.1, -0.05) is 48.5 Å². The first-order chi connectivity index (χ1) is 16.9. The Balaban J connectivity index is 1.18. The highest BCUT2D eigenvalue weighted by molar-refractivity contribution is 5.90. The van der Waals surface area contributed by atoms with Gasteiger partial charge in [0.1, 0.15) is 18.2 Å². The van der Waals surface area contributed by atoms with Gasteiger partial charge in [-0.3, -0.25) is 4.79 Å². The summed E-state index contributed by atoms with van der Waals surface area (Å²) in [5.74, 6) is -1.58. The van der Waals surface area contributed by atoms with Crippen LogP contribution in [0.25, 0.3) is 11.1 Å². The second kappa shape index (κ2) is 9.34. The van der Waals surface area contributed by atoms with Crippen molar-refractivity contribution in [2.45, 2.75) is 43.7 Å². The lowest BCUT2D eigenvalue weighted by molar-refractivity contribution is -0.160. The Morgan fingerprint density at radius 3 is 2.43 bits per heavy atom. The van der Waals surface area contributed by atoms with E-state index in [0.29, 0.717) is 32.4 Å². The number of amides is 2. The van der Waals surface area contributed by atoms with Crippen LogP contribution in [0.3, 0.4) is 0 Å². The SMILES string of the molecule is CC1(C(=O)O)CCCN1C(=O)[C@@H]1OCC[C@@H]1CNC(=O)OCC1c2ccccc2-c2ccccc21. The fraction of sp³-hybridized carbons (Fsp3) is 0.444. The average molecular weight is 479 g/mol. The second-order valence-electron chi connectivity index (χ2n) is 9.72. The molecule has 2 aromatic rings. The lowest BCUT2D eigenvalue weighted by atomic mass is 9.96. The molecule has 3 atom stereocenters. The Morgan fingerprint density at radius 2 is 1.77 bits per heavy atom. The third kappa shape index (κ3) is 4.16. The molecule has 0 aromatic heterocycles. The zero-order valence-electron chi connectivity index (χ0n) is 19.7. The monoisotopic (exact) mass is 478 g/mol. The molecule has 1 aliphatic carbocycles. The minimum atomic E-state index is -1.21. The number of aliphatic carboxylic acids is 1. The number of fused-ring (bicyclic) bond motifs is 3. The number of nitrogens with zero attached hydrogens (tertiary/aromatic N) is 1. The number of nitrogens with one attached hydrogen (secondary N) is 1. The van der Waals surface area contributed by atoms with Crippen molar-refractivity contribution in [3.63, 3.8) is 0 Å². The fourth-order valence-electron chi connectivity index (χ4n) is 5.67. The van der Waals surface area contributed by atoms with Gasteiger partial charge in [0.15, 0.2) is 0 Å². The number of carbonyl (C=O) groups excluding carboxylic acids is 2. The molecule has 0 bridgehead atoms. The zero-order valence-corrected chi connectivity index (χ0v) is 19.7. The third-order valence-corrected chi connectivity index (χ3v) is 7.68. The van der Waals surface area contributed by atoms with E-state index in [-0.39, 0.29) is 30.9 Å². The van der Waals surface area contributed by atoms with Crippen molar-refractivity contribution in [1.82, 2.24) is 10.2 Å². The van der Waals surface area contributed by atoms with Gasteiger partial charge in [0.25, 0.3) is 5.91 Å². The summed E-state index contributed by atoms with van der Waals surface area (Å²) in [6.07, 6.45) is 0.368. The number of alkyl carbamates (subject to hydrolysis) is 1. The second-order valence-corrected chi connectivity index (χ2v) is 9.72. The first-order valence-corrected chi connectivity index (χ1v) is 12.2. The molecule has 1 unspecified atom stereocenters. The number of carbonyl (C=O) groups is 3. The molecular formula is C27H30N2O6. The lowest BCUT2D eigenvalue weighted by Crippen LogP contribution is -2.55. The quantitative estimate of drug-likeness (QED) is 0.659. The minimum absolute atomic E-state index is 0.0267. The molecule has 3 aliphatic rings. The molecule has 8 nitrogen and oxygen atoms in total. The Kier molecular flexibility index (Phi) is 6.23. The maximum atomic E-state index is 13.1. The number of hydrogen-bond donors (Lipinski definition) is 2. The van der Waals surface area contributed by atoms with Crippen molar-refractivity contribution in [1.29, 1.82) is 0 Å². The van der Waals surface area contributed by atoms with E-state index < -0.39 is 23.7 Å². The number of ether oxygens (including phenoxy) is 2. The smallest absolute Gasteiger partial charge is 0.407 e. The van der Waals surface area contributed by atoms with Crippen LogP contribution in [-0.2, 0) is 19.1 Å². The Hall–Kier alpha value is -3.39. The molecular weight excluding hydrogens is 448 g/mol. The van der Waals surface area contributed by atoms with Gasteiger partial charge in [-0.25, -0.2) is 9.59 Å². The van der Waals surface area contributed by atoms with E-state index in [1.807, 2.05) is 24.3 Å². The first-order valence-electron chi connectivity index (χ1n) is 12.2. The standard InChI is InChI=1S/C27H30N2O6/c1-27(25(31)32)12-6-13-29(27)24(30)23-17(11-14-34-23)15-28-26(33)35-16-22-20-9-4-2-7-18(20)19-8-3-5-10-21(19)22/h2-5,7-10,17,22-23H,6,11-16H2,1H3,(H,28,33)(H,31,32)/t17-,23-,27?/m1/s1. The predicted molar refractivity (Wildman–Crippen MR) is 128 cm³/mol. The topological polar surface area (TPSA) is 105 Å². The van der Waals surface area contributed by atoms with Crippen molar-refractivity contribution < 1.29 is 29.0 Å². The number of hydrogen-bond acceptors (Lipinski definition) is 5. The minimum Gasteiger partial charge on any atom is -0.480 e. The summed E-state index contributed by atoms with van der Waals surface area (Å²) in [4.78, 5) is 38.9. The van der Waals surface area contributed by atoms with Crippen LogP contribution in [-0.4, -0.2) is 65.9 Å². The van der Waals surface area contributed by atoms with Gasteiger partial charge in [0.2, 0.25) is 0 Å². The molecule has 2 aromatic carbocycles. The van der Waals surface area contributed by atoms with Gasteiger partial charge < -0.3 is 24.8 Å². The van der Waals surface area contributed by atoms with Crippen molar-refractivity contribution in [2.24, 2.45) is 5.92 Å². The van der Waals surface area contributed by atoms with Crippen LogP contribution in [0, 0.1) is 5.92 Å². The summed E-state index contributed by atoms with van der Waals surface area (Å²) in [7, 11) is 0. The molecule has 0 spiro atoms. The van der Waals surface area contributed by atoms with Crippen LogP contribution in [0.4, 0.5) is 4.79 Å². The van der Waals surface area contributed by atoms with Crippen molar-refractivity contribution >= 4 is 18.0 Å². The molecule has 8 heteroatoms. The first kappa shape index (κ1) is 23.4. The highest BCUT2D eigenvalue weighted by atomic mass is 16.5.